The zero-order chi connectivity index (χ0) is 15.9. The third-order valence-corrected chi connectivity index (χ3v) is 4.95. The number of rotatable bonds is 3. The fourth-order valence-corrected chi connectivity index (χ4v) is 3.80. The lowest BCUT2D eigenvalue weighted by Gasteiger charge is -2.29. The molecule has 1 aliphatic heterocycles. The van der Waals surface area contributed by atoms with E-state index < -0.39 is 10.8 Å². The van der Waals surface area contributed by atoms with Gasteiger partial charge in [-0.3, -0.25) is 14.9 Å². The predicted octanol–water partition coefficient (Wildman–Crippen LogP) is 1.26. The van der Waals surface area contributed by atoms with E-state index >= 15 is 0 Å². The Labute approximate surface area is 128 Å². The summed E-state index contributed by atoms with van der Waals surface area (Å²) in [4.78, 5) is 24.1. The number of nitrogens with zero attached hydrogens (tertiary/aromatic N) is 2. The first-order chi connectivity index (χ1) is 10.5. The Balaban J connectivity index is 1.92. The van der Waals surface area contributed by atoms with E-state index in [1.165, 1.54) is 6.07 Å². The predicted molar refractivity (Wildman–Crippen MR) is 82.6 cm³/mol. The highest BCUT2D eigenvalue weighted by Crippen LogP contribution is 2.40. The topological polar surface area (TPSA) is 115 Å². The first kappa shape index (κ1) is 14.8. The van der Waals surface area contributed by atoms with Crippen LogP contribution in [0.2, 0.25) is 0 Å². The van der Waals surface area contributed by atoms with Gasteiger partial charge in [0, 0.05) is 30.8 Å². The molecule has 7 nitrogen and oxygen atoms in total. The summed E-state index contributed by atoms with van der Waals surface area (Å²) < 4.78 is 0. The second-order valence-electron chi connectivity index (χ2n) is 6.25. The molecule has 118 valence electrons. The summed E-state index contributed by atoms with van der Waals surface area (Å²) in [6, 6.07) is 4.61. The molecule has 1 saturated heterocycles. The summed E-state index contributed by atoms with van der Waals surface area (Å²) in [6.45, 7) is 1.53. The van der Waals surface area contributed by atoms with Crippen LogP contribution in [0.15, 0.2) is 18.2 Å². The van der Waals surface area contributed by atoms with E-state index in [-0.39, 0.29) is 17.3 Å². The standard InChI is InChI=1S/C15H20N4O3/c16-12-3-1-2-10-7-18(8-11(10)12)13-5-4-9(15(17)20)6-14(13)19(21)22/h4-6,10-12H,1-3,7-8,16H2,(H2,17,20). The second-order valence-corrected chi connectivity index (χ2v) is 6.25. The zero-order valence-electron chi connectivity index (χ0n) is 12.3. The number of benzene rings is 1. The van der Waals surface area contributed by atoms with Gasteiger partial charge in [-0.2, -0.15) is 0 Å². The van der Waals surface area contributed by atoms with Crippen molar-refractivity contribution in [1.29, 1.82) is 0 Å². The highest BCUT2D eigenvalue weighted by Gasteiger charge is 2.40. The summed E-state index contributed by atoms with van der Waals surface area (Å²) in [5.74, 6) is 0.232. The molecule has 0 aromatic heterocycles. The van der Waals surface area contributed by atoms with Crippen LogP contribution in [0, 0.1) is 22.0 Å². The highest BCUT2D eigenvalue weighted by atomic mass is 16.6. The van der Waals surface area contributed by atoms with E-state index in [1.807, 2.05) is 4.90 Å². The van der Waals surface area contributed by atoms with Crippen molar-refractivity contribution >= 4 is 17.3 Å². The van der Waals surface area contributed by atoms with Crippen molar-refractivity contribution in [1.82, 2.24) is 0 Å². The van der Waals surface area contributed by atoms with Gasteiger partial charge in [-0.1, -0.05) is 6.42 Å². The molecule has 1 aliphatic carbocycles. The lowest BCUT2D eigenvalue weighted by atomic mass is 9.78. The first-order valence-electron chi connectivity index (χ1n) is 7.56. The van der Waals surface area contributed by atoms with Crippen LogP contribution >= 0.6 is 0 Å². The highest BCUT2D eigenvalue weighted by molar-refractivity contribution is 5.94. The molecule has 1 heterocycles. The molecule has 3 unspecified atom stereocenters. The van der Waals surface area contributed by atoms with E-state index in [0.29, 0.717) is 17.5 Å². The Kier molecular flexibility index (Phi) is 3.74. The second kappa shape index (κ2) is 5.57. The minimum absolute atomic E-state index is 0.0662. The Morgan fingerprint density at radius 2 is 2.09 bits per heavy atom. The minimum atomic E-state index is -0.660. The van der Waals surface area contributed by atoms with Gasteiger partial charge >= 0.3 is 0 Å². The number of hydrogen-bond donors (Lipinski definition) is 2. The molecule has 1 aromatic carbocycles. The molecular weight excluding hydrogens is 284 g/mol. The monoisotopic (exact) mass is 304 g/mol. The van der Waals surface area contributed by atoms with E-state index in [4.69, 9.17) is 11.5 Å². The van der Waals surface area contributed by atoms with Crippen molar-refractivity contribution in [2.24, 2.45) is 23.3 Å². The summed E-state index contributed by atoms with van der Waals surface area (Å²) in [5.41, 5.74) is 12.1. The number of nitro groups is 1. The molecular formula is C15H20N4O3. The summed E-state index contributed by atoms with van der Waals surface area (Å²) in [6.07, 6.45) is 3.28. The molecule has 22 heavy (non-hydrogen) atoms. The van der Waals surface area contributed by atoms with Gasteiger partial charge < -0.3 is 16.4 Å². The Morgan fingerprint density at radius 3 is 2.73 bits per heavy atom. The molecule has 1 saturated carbocycles. The summed E-state index contributed by atoms with van der Waals surface area (Å²) in [7, 11) is 0. The lowest BCUT2D eigenvalue weighted by Crippen LogP contribution is -2.38. The average Bonchev–Trinajstić information content (AvgIpc) is 2.92. The maximum Gasteiger partial charge on any atom is 0.293 e. The Bertz CT molecular complexity index is 619. The number of anilines is 1. The number of carbonyl (C=O) groups is 1. The fourth-order valence-electron chi connectivity index (χ4n) is 3.80. The SMILES string of the molecule is NC(=O)c1ccc(N2CC3CCCC(N)C3C2)c([N+](=O)[O-])c1. The Morgan fingerprint density at radius 1 is 1.32 bits per heavy atom. The molecule has 3 atom stereocenters. The van der Waals surface area contributed by atoms with Crippen molar-refractivity contribution in [2.75, 3.05) is 18.0 Å². The molecule has 1 aromatic rings. The third kappa shape index (κ3) is 2.52. The third-order valence-electron chi connectivity index (χ3n) is 4.95. The van der Waals surface area contributed by atoms with Crippen LogP contribution in [-0.2, 0) is 0 Å². The van der Waals surface area contributed by atoms with Crippen LogP contribution in [0.25, 0.3) is 0 Å². The average molecular weight is 304 g/mol. The van der Waals surface area contributed by atoms with Crippen LogP contribution in [0.1, 0.15) is 29.6 Å². The number of hydrogen-bond acceptors (Lipinski definition) is 5. The van der Waals surface area contributed by atoms with Crippen LogP contribution in [0.3, 0.4) is 0 Å². The van der Waals surface area contributed by atoms with Crippen LogP contribution in [0.4, 0.5) is 11.4 Å². The van der Waals surface area contributed by atoms with E-state index in [2.05, 4.69) is 0 Å². The van der Waals surface area contributed by atoms with E-state index in [0.717, 1.165) is 32.4 Å². The molecule has 0 spiro atoms. The zero-order valence-corrected chi connectivity index (χ0v) is 12.3. The van der Waals surface area contributed by atoms with Gasteiger partial charge in [0.25, 0.3) is 5.69 Å². The van der Waals surface area contributed by atoms with Gasteiger partial charge in [-0.05, 0) is 36.8 Å². The number of fused-ring (bicyclic) bond motifs is 1. The molecule has 1 amide bonds. The molecule has 0 radical (unpaired) electrons. The molecule has 2 fully saturated rings. The van der Waals surface area contributed by atoms with E-state index in [9.17, 15) is 14.9 Å². The number of nitro benzene ring substituents is 1. The smallest absolute Gasteiger partial charge is 0.293 e. The van der Waals surface area contributed by atoms with Gasteiger partial charge in [0.05, 0.1) is 4.92 Å². The van der Waals surface area contributed by atoms with Crippen LogP contribution < -0.4 is 16.4 Å². The van der Waals surface area contributed by atoms with Crippen molar-refractivity contribution in [3.05, 3.63) is 33.9 Å². The van der Waals surface area contributed by atoms with Gasteiger partial charge in [0.2, 0.25) is 5.91 Å². The molecule has 4 N–H and O–H groups in total. The van der Waals surface area contributed by atoms with Crippen LogP contribution in [-0.4, -0.2) is 30.0 Å². The molecule has 2 aliphatic rings. The van der Waals surface area contributed by atoms with Gasteiger partial charge in [-0.25, -0.2) is 0 Å². The normalized spacial score (nSPS) is 27.5. The van der Waals surface area contributed by atoms with Crippen molar-refractivity contribution in [2.45, 2.75) is 25.3 Å². The van der Waals surface area contributed by atoms with Crippen LogP contribution in [0.5, 0.6) is 0 Å². The van der Waals surface area contributed by atoms with Crippen molar-refractivity contribution < 1.29 is 9.72 Å². The number of nitrogens with two attached hydrogens (primary N) is 2. The number of carbonyl (C=O) groups excluding carboxylic acids is 1. The fraction of sp³-hybridized carbons (Fsp3) is 0.533. The number of primary amides is 1. The maximum absolute atomic E-state index is 11.3. The van der Waals surface area contributed by atoms with Gasteiger partial charge in [0.1, 0.15) is 5.69 Å². The first-order valence-corrected chi connectivity index (χ1v) is 7.56. The van der Waals surface area contributed by atoms with Gasteiger partial charge in [0.15, 0.2) is 0 Å². The molecule has 7 heteroatoms. The summed E-state index contributed by atoms with van der Waals surface area (Å²) >= 11 is 0. The Hall–Kier alpha value is -2.15. The summed E-state index contributed by atoms with van der Waals surface area (Å²) in [5, 5.41) is 11.3. The molecule has 0 bridgehead atoms. The van der Waals surface area contributed by atoms with E-state index in [1.54, 1.807) is 12.1 Å². The van der Waals surface area contributed by atoms with Crippen molar-refractivity contribution in [3.8, 4) is 0 Å². The van der Waals surface area contributed by atoms with Crippen molar-refractivity contribution in [3.63, 3.8) is 0 Å². The largest absolute Gasteiger partial charge is 0.366 e. The maximum atomic E-state index is 11.3. The number of amides is 1. The quantitative estimate of drug-likeness (QED) is 0.644. The lowest BCUT2D eigenvalue weighted by molar-refractivity contribution is -0.384. The molecule has 3 rings (SSSR count). The van der Waals surface area contributed by atoms with Gasteiger partial charge in [-0.15, -0.1) is 0 Å². The minimum Gasteiger partial charge on any atom is -0.366 e.